The van der Waals surface area contributed by atoms with Crippen LogP contribution in [-0.2, 0) is 4.74 Å². The zero-order valence-electron chi connectivity index (χ0n) is 13.1. The molecule has 2 aromatic rings. The average Bonchev–Trinajstić information content (AvgIpc) is 2.52. The summed E-state index contributed by atoms with van der Waals surface area (Å²) in [6, 6.07) is 9.59. The Kier molecular flexibility index (Phi) is 3.74. The van der Waals surface area contributed by atoms with Crippen molar-refractivity contribution in [1.29, 1.82) is 0 Å². The minimum atomic E-state index is -0.337. The first-order valence-electron chi connectivity index (χ1n) is 7.36. The van der Waals surface area contributed by atoms with Crippen molar-refractivity contribution < 1.29 is 14.3 Å². The van der Waals surface area contributed by atoms with Crippen LogP contribution in [0.4, 0.5) is 0 Å². The molecule has 0 atom stereocenters. The number of ether oxygens (including phenoxy) is 2. The van der Waals surface area contributed by atoms with E-state index in [1.165, 1.54) is 0 Å². The lowest BCUT2D eigenvalue weighted by Crippen LogP contribution is -2.55. The summed E-state index contributed by atoms with van der Waals surface area (Å²) in [4.78, 5) is 19.1. The van der Waals surface area contributed by atoms with Gasteiger partial charge >= 0.3 is 0 Å². The summed E-state index contributed by atoms with van der Waals surface area (Å²) in [6.07, 6.45) is 0. The largest absolute Gasteiger partial charge is 0.481 e. The van der Waals surface area contributed by atoms with Gasteiger partial charge in [-0.1, -0.05) is 18.2 Å². The second-order valence-corrected chi connectivity index (χ2v) is 6.06. The van der Waals surface area contributed by atoms with Crippen molar-refractivity contribution in [2.24, 2.45) is 0 Å². The highest BCUT2D eigenvalue weighted by atomic mass is 16.5. The zero-order chi connectivity index (χ0) is 15.7. The molecule has 0 bridgehead atoms. The molecular weight excluding hydrogens is 280 g/mol. The molecular formula is C17H20N2O3. The number of carbonyl (C=O) groups excluding carboxylic acids is 1. The summed E-state index contributed by atoms with van der Waals surface area (Å²) in [6.45, 7) is 5.66. The number of morpholine rings is 1. The summed E-state index contributed by atoms with van der Waals surface area (Å²) in [5, 5.41) is 1.85. The van der Waals surface area contributed by atoms with E-state index in [0.29, 0.717) is 31.3 Å². The average molecular weight is 300 g/mol. The molecule has 0 unspecified atom stereocenters. The second-order valence-electron chi connectivity index (χ2n) is 6.06. The molecule has 1 saturated heterocycles. The van der Waals surface area contributed by atoms with E-state index in [4.69, 9.17) is 9.47 Å². The molecule has 3 rings (SSSR count). The van der Waals surface area contributed by atoms with E-state index in [0.717, 1.165) is 10.8 Å². The third-order valence-electron chi connectivity index (χ3n) is 4.01. The molecule has 5 nitrogen and oxygen atoms in total. The highest BCUT2D eigenvalue weighted by molar-refractivity contribution is 5.98. The van der Waals surface area contributed by atoms with Crippen LogP contribution < -0.4 is 4.74 Å². The predicted molar refractivity (Wildman–Crippen MR) is 84.2 cm³/mol. The quantitative estimate of drug-likeness (QED) is 0.855. The van der Waals surface area contributed by atoms with Gasteiger partial charge in [0.25, 0.3) is 5.91 Å². The minimum absolute atomic E-state index is 0.0858. The number of amides is 1. The van der Waals surface area contributed by atoms with Crippen LogP contribution >= 0.6 is 0 Å². The molecule has 0 N–H and O–H groups in total. The molecule has 1 amide bonds. The monoisotopic (exact) mass is 300 g/mol. The van der Waals surface area contributed by atoms with Crippen molar-refractivity contribution in [3.05, 3.63) is 36.0 Å². The highest BCUT2D eigenvalue weighted by Gasteiger charge is 2.35. The Morgan fingerprint density at radius 1 is 1.36 bits per heavy atom. The van der Waals surface area contributed by atoms with E-state index in [2.05, 4.69) is 4.98 Å². The van der Waals surface area contributed by atoms with Gasteiger partial charge in [0, 0.05) is 11.9 Å². The molecule has 116 valence electrons. The van der Waals surface area contributed by atoms with Gasteiger partial charge in [0.2, 0.25) is 5.88 Å². The summed E-state index contributed by atoms with van der Waals surface area (Å²) in [7, 11) is 1.57. The minimum Gasteiger partial charge on any atom is -0.481 e. The number of methoxy groups -OCH3 is 1. The zero-order valence-corrected chi connectivity index (χ0v) is 13.1. The lowest BCUT2D eigenvalue weighted by molar-refractivity contribution is -0.0373. The Hall–Kier alpha value is -2.14. The molecule has 1 fully saturated rings. The van der Waals surface area contributed by atoms with Crippen LogP contribution in [0.25, 0.3) is 10.8 Å². The molecule has 1 aliphatic rings. The molecule has 5 heteroatoms. The van der Waals surface area contributed by atoms with Crippen molar-refractivity contribution in [1.82, 2.24) is 9.88 Å². The Bertz CT molecular complexity index is 712. The molecule has 0 saturated carbocycles. The van der Waals surface area contributed by atoms with Gasteiger partial charge in [-0.15, -0.1) is 0 Å². The maximum Gasteiger partial charge on any atom is 0.273 e. The number of aromatic nitrogens is 1. The summed E-state index contributed by atoms with van der Waals surface area (Å²) in [5.74, 6) is 0.393. The summed E-state index contributed by atoms with van der Waals surface area (Å²) in [5.41, 5.74) is 0.0705. The van der Waals surface area contributed by atoms with Crippen molar-refractivity contribution in [2.45, 2.75) is 19.4 Å². The smallest absolute Gasteiger partial charge is 0.273 e. The third-order valence-corrected chi connectivity index (χ3v) is 4.01. The number of nitrogens with zero attached hydrogens (tertiary/aromatic N) is 2. The van der Waals surface area contributed by atoms with Gasteiger partial charge in [0.05, 0.1) is 25.9 Å². The normalized spacial score (nSPS) is 17.5. The first-order valence-corrected chi connectivity index (χ1v) is 7.36. The van der Waals surface area contributed by atoms with E-state index < -0.39 is 0 Å². The third kappa shape index (κ3) is 2.52. The van der Waals surface area contributed by atoms with Gasteiger partial charge in [0.15, 0.2) is 0 Å². The van der Waals surface area contributed by atoms with Gasteiger partial charge in [-0.25, -0.2) is 4.98 Å². The van der Waals surface area contributed by atoms with Crippen LogP contribution in [0.1, 0.15) is 24.3 Å². The number of carbonyl (C=O) groups is 1. The van der Waals surface area contributed by atoms with Crippen molar-refractivity contribution in [3.8, 4) is 5.88 Å². The van der Waals surface area contributed by atoms with Crippen LogP contribution in [0.15, 0.2) is 30.3 Å². The second kappa shape index (κ2) is 5.57. The van der Waals surface area contributed by atoms with Gasteiger partial charge in [-0.05, 0) is 31.4 Å². The number of benzene rings is 1. The fraction of sp³-hybridized carbons (Fsp3) is 0.412. The topological polar surface area (TPSA) is 51.7 Å². The van der Waals surface area contributed by atoms with Crippen LogP contribution in [0.5, 0.6) is 5.88 Å². The van der Waals surface area contributed by atoms with Crippen LogP contribution in [-0.4, -0.2) is 48.2 Å². The van der Waals surface area contributed by atoms with E-state index in [-0.39, 0.29) is 11.4 Å². The van der Waals surface area contributed by atoms with Gasteiger partial charge in [-0.2, -0.15) is 0 Å². The Morgan fingerprint density at radius 3 is 2.86 bits per heavy atom. The highest BCUT2D eigenvalue weighted by Crippen LogP contribution is 2.27. The van der Waals surface area contributed by atoms with E-state index in [1.807, 2.05) is 49.1 Å². The lowest BCUT2D eigenvalue weighted by atomic mass is 10.0. The maximum atomic E-state index is 12.9. The molecule has 0 radical (unpaired) electrons. The van der Waals surface area contributed by atoms with Crippen LogP contribution in [0, 0.1) is 0 Å². The van der Waals surface area contributed by atoms with Crippen LogP contribution in [0.2, 0.25) is 0 Å². The van der Waals surface area contributed by atoms with E-state index in [1.54, 1.807) is 7.11 Å². The first-order chi connectivity index (χ1) is 10.5. The fourth-order valence-electron chi connectivity index (χ4n) is 2.81. The summed E-state index contributed by atoms with van der Waals surface area (Å²) >= 11 is 0. The van der Waals surface area contributed by atoms with Gasteiger partial charge < -0.3 is 14.4 Å². The Morgan fingerprint density at radius 2 is 2.14 bits per heavy atom. The first kappa shape index (κ1) is 14.8. The predicted octanol–water partition coefficient (Wildman–Crippen LogP) is 2.49. The maximum absolute atomic E-state index is 12.9. The van der Waals surface area contributed by atoms with E-state index in [9.17, 15) is 4.79 Å². The number of pyridine rings is 1. The molecule has 0 aliphatic carbocycles. The molecule has 1 aliphatic heterocycles. The van der Waals surface area contributed by atoms with Crippen molar-refractivity contribution in [3.63, 3.8) is 0 Å². The molecule has 1 aromatic heterocycles. The molecule has 2 heterocycles. The summed E-state index contributed by atoms with van der Waals surface area (Å²) < 4.78 is 10.8. The molecule has 1 aromatic carbocycles. The standard InChI is InChI=1S/C17H20N2O3/c1-17(2)11-22-9-8-19(17)16(20)14-10-12-6-4-5-7-13(12)15(18-14)21-3/h4-7,10H,8-9,11H2,1-3H3. The van der Waals surface area contributed by atoms with Gasteiger partial charge in [0.1, 0.15) is 5.69 Å². The lowest BCUT2D eigenvalue weighted by Gasteiger charge is -2.41. The molecule has 0 spiro atoms. The number of hydrogen-bond acceptors (Lipinski definition) is 4. The van der Waals surface area contributed by atoms with Crippen molar-refractivity contribution >= 4 is 16.7 Å². The van der Waals surface area contributed by atoms with E-state index >= 15 is 0 Å². The molecule has 22 heavy (non-hydrogen) atoms. The van der Waals surface area contributed by atoms with Crippen molar-refractivity contribution in [2.75, 3.05) is 26.9 Å². The van der Waals surface area contributed by atoms with Crippen LogP contribution in [0.3, 0.4) is 0 Å². The van der Waals surface area contributed by atoms with Gasteiger partial charge in [-0.3, -0.25) is 4.79 Å². The number of fused-ring (bicyclic) bond motifs is 1. The number of hydrogen-bond donors (Lipinski definition) is 0. The fourth-order valence-corrected chi connectivity index (χ4v) is 2.81. The Labute approximate surface area is 129 Å². The SMILES string of the molecule is COc1nc(C(=O)N2CCOCC2(C)C)cc2ccccc12. The number of rotatable bonds is 2. The Balaban J connectivity index is 2.04.